The Labute approximate surface area is 133 Å². The van der Waals surface area contributed by atoms with Crippen molar-refractivity contribution in [2.75, 3.05) is 5.32 Å². The molecule has 1 aromatic carbocycles. The smallest absolute Gasteiger partial charge is 0.318 e. The third-order valence-corrected chi connectivity index (χ3v) is 3.54. The molecule has 0 spiro atoms. The molecule has 8 heteroatoms. The number of rotatable bonds is 3. The van der Waals surface area contributed by atoms with Gasteiger partial charge in [0, 0.05) is 23.5 Å². The molecule has 0 heterocycles. The van der Waals surface area contributed by atoms with E-state index in [2.05, 4.69) is 15.8 Å². The molecule has 0 aromatic heterocycles. The van der Waals surface area contributed by atoms with Gasteiger partial charge < -0.3 is 5.32 Å². The summed E-state index contributed by atoms with van der Waals surface area (Å²) in [6.07, 6.45) is 6.09. The highest BCUT2D eigenvalue weighted by atomic mass is 16.6. The highest BCUT2D eigenvalue weighted by Gasteiger charge is 2.14. The van der Waals surface area contributed by atoms with Crippen LogP contribution in [-0.2, 0) is 9.59 Å². The first-order valence-electron chi connectivity index (χ1n) is 7.47. The number of hydrogen-bond donors (Lipinski definition) is 2. The van der Waals surface area contributed by atoms with E-state index in [0.717, 1.165) is 44.2 Å². The standard InChI is InChI=1S/C15H18N4O4/c20-14(16-11-7-9-13(10-8-11)19(22)23)15(21)18-17-12-5-3-1-2-4-6-12/h7-10H,1-6H2,(H,16,20)(H,18,21). The number of hydrogen-bond acceptors (Lipinski definition) is 5. The highest BCUT2D eigenvalue weighted by Crippen LogP contribution is 2.16. The minimum Gasteiger partial charge on any atom is -0.318 e. The van der Waals surface area contributed by atoms with Crippen LogP contribution in [0.1, 0.15) is 38.5 Å². The molecule has 0 radical (unpaired) electrons. The number of nitro benzene ring substituents is 1. The maximum Gasteiger partial charge on any atom is 0.329 e. The summed E-state index contributed by atoms with van der Waals surface area (Å²) in [6, 6.07) is 5.22. The van der Waals surface area contributed by atoms with Crippen LogP contribution < -0.4 is 10.7 Å². The zero-order valence-corrected chi connectivity index (χ0v) is 12.6. The second kappa shape index (κ2) is 8.02. The van der Waals surface area contributed by atoms with Crippen molar-refractivity contribution in [3.63, 3.8) is 0 Å². The molecule has 2 amide bonds. The van der Waals surface area contributed by atoms with E-state index in [9.17, 15) is 19.7 Å². The molecular weight excluding hydrogens is 300 g/mol. The van der Waals surface area contributed by atoms with Crippen LogP contribution in [0.4, 0.5) is 11.4 Å². The van der Waals surface area contributed by atoms with Crippen molar-refractivity contribution in [2.24, 2.45) is 5.10 Å². The lowest BCUT2D eigenvalue weighted by Gasteiger charge is -2.05. The van der Waals surface area contributed by atoms with E-state index >= 15 is 0 Å². The topological polar surface area (TPSA) is 114 Å². The summed E-state index contributed by atoms with van der Waals surface area (Å²) >= 11 is 0. The van der Waals surface area contributed by atoms with E-state index in [4.69, 9.17) is 0 Å². The Morgan fingerprint density at radius 1 is 1.00 bits per heavy atom. The van der Waals surface area contributed by atoms with Crippen molar-refractivity contribution in [3.05, 3.63) is 34.4 Å². The summed E-state index contributed by atoms with van der Waals surface area (Å²) in [4.78, 5) is 33.5. The van der Waals surface area contributed by atoms with E-state index < -0.39 is 16.7 Å². The Morgan fingerprint density at radius 3 is 2.17 bits per heavy atom. The van der Waals surface area contributed by atoms with Gasteiger partial charge in [-0.25, -0.2) is 5.43 Å². The fourth-order valence-corrected chi connectivity index (χ4v) is 2.28. The zero-order valence-electron chi connectivity index (χ0n) is 12.6. The lowest BCUT2D eigenvalue weighted by atomic mass is 10.2. The second-order valence-electron chi connectivity index (χ2n) is 5.29. The number of hydrazone groups is 1. The van der Waals surface area contributed by atoms with Gasteiger partial charge in [-0.3, -0.25) is 19.7 Å². The fraction of sp³-hybridized carbons (Fsp3) is 0.400. The predicted molar refractivity (Wildman–Crippen MR) is 85.0 cm³/mol. The third-order valence-electron chi connectivity index (χ3n) is 3.54. The molecular formula is C15H18N4O4. The van der Waals surface area contributed by atoms with E-state index in [1.165, 1.54) is 24.3 Å². The number of anilines is 1. The lowest BCUT2D eigenvalue weighted by Crippen LogP contribution is -2.33. The largest absolute Gasteiger partial charge is 0.329 e. The van der Waals surface area contributed by atoms with Crippen molar-refractivity contribution < 1.29 is 14.5 Å². The van der Waals surface area contributed by atoms with Crippen molar-refractivity contribution in [3.8, 4) is 0 Å². The first-order valence-corrected chi connectivity index (χ1v) is 7.47. The number of carbonyl (C=O) groups is 2. The van der Waals surface area contributed by atoms with E-state index in [1.54, 1.807) is 0 Å². The Kier molecular flexibility index (Phi) is 5.79. The SMILES string of the molecule is O=C(NN=C1CCCCCC1)C(=O)Nc1ccc([N+](=O)[O-])cc1. The summed E-state index contributed by atoms with van der Waals surface area (Å²) < 4.78 is 0. The minimum atomic E-state index is -0.864. The summed E-state index contributed by atoms with van der Waals surface area (Å²) in [7, 11) is 0. The van der Waals surface area contributed by atoms with Gasteiger partial charge in [0.1, 0.15) is 0 Å². The zero-order chi connectivity index (χ0) is 16.7. The fourth-order valence-electron chi connectivity index (χ4n) is 2.28. The average Bonchev–Trinajstić information content (AvgIpc) is 2.81. The number of amides is 2. The molecule has 0 atom stereocenters. The molecule has 8 nitrogen and oxygen atoms in total. The van der Waals surface area contributed by atoms with Crippen LogP contribution in [0.2, 0.25) is 0 Å². The molecule has 2 rings (SSSR count). The van der Waals surface area contributed by atoms with Gasteiger partial charge in [0.2, 0.25) is 0 Å². The minimum absolute atomic E-state index is 0.0905. The Morgan fingerprint density at radius 2 is 1.61 bits per heavy atom. The predicted octanol–water partition coefficient (Wildman–Crippen LogP) is 2.36. The van der Waals surface area contributed by atoms with Crippen molar-refractivity contribution in [1.29, 1.82) is 0 Å². The molecule has 1 saturated carbocycles. The molecule has 0 saturated heterocycles. The highest BCUT2D eigenvalue weighted by molar-refractivity contribution is 6.39. The van der Waals surface area contributed by atoms with Crippen molar-refractivity contribution in [1.82, 2.24) is 5.43 Å². The molecule has 1 aliphatic carbocycles. The lowest BCUT2D eigenvalue weighted by molar-refractivity contribution is -0.384. The normalized spacial score (nSPS) is 14.5. The molecule has 1 aliphatic rings. The van der Waals surface area contributed by atoms with Crippen LogP contribution in [-0.4, -0.2) is 22.4 Å². The quantitative estimate of drug-likeness (QED) is 0.385. The summed E-state index contributed by atoms with van der Waals surface area (Å²) in [5.74, 6) is -1.73. The Balaban J connectivity index is 1.88. The van der Waals surface area contributed by atoms with E-state index in [-0.39, 0.29) is 5.69 Å². The maximum atomic E-state index is 11.7. The molecule has 23 heavy (non-hydrogen) atoms. The van der Waals surface area contributed by atoms with Gasteiger partial charge in [-0.2, -0.15) is 5.10 Å². The number of carbonyl (C=O) groups excluding carboxylic acids is 2. The molecule has 0 unspecified atom stereocenters. The monoisotopic (exact) mass is 318 g/mol. The average molecular weight is 318 g/mol. The molecule has 0 bridgehead atoms. The summed E-state index contributed by atoms with van der Waals surface area (Å²) in [6.45, 7) is 0. The van der Waals surface area contributed by atoms with Gasteiger partial charge in [-0.05, 0) is 37.8 Å². The third kappa shape index (κ3) is 5.17. The number of non-ortho nitro benzene ring substituents is 1. The van der Waals surface area contributed by atoms with Crippen LogP contribution in [0.5, 0.6) is 0 Å². The van der Waals surface area contributed by atoms with Crippen LogP contribution in [0.3, 0.4) is 0 Å². The molecule has 122 valence electrons. The van der Waals surface area contributed by atoms with Crippen LogP contribution in [0.25, 0.3) is 0 Å². The molecule has 1 fully saturated rings. The molecule has 0 aliphatic heterocycles. The first-order chi connectivity index (χ1) is 11.1. The first kappa shape index (κ1) is 16.6. The summed E-state index contributed by atoms with van der Waals surface area (Å²) in [5, 5.41) is 16.9. The molecule has 2 N–H and O–H groups in total. The van der Waals surface area contributed by atoms with Gasteiger partial charge in [-0.1, -0.05) is 12.8 Å². The van der Waals surface area contributed by atoms with Gasteiger partial charge >= 0.3 is 11.8 Å². The Hall–Kier alpha value is -2.77. The second-order valence-corrected chi connectivity index (χ2v) is 5.29. The van der Waals surface area contributed by atoms with Gasteiger partial charge in [0.25, 0.3) is 5.69 Å². The van der Waals surface area contributed by atoms with Gasteiger partial charge in [0.05, 0.1) is 4.92 Å². The van der Waals surface area contributed by atoms with E-state index in [1.807, 2.05) is 0 Å². The summed E-state index contributed by atoms with van der Waals surface area (Å²) in [5.41, 5.74) is 3.37. The van der Waals surface area contributed by atoms with E-state index in [0.29, 0.717) is 5.69 Å². The maximum absolute atomic E-state index is 11.7. The Bertz CT molecular complexity index is 615. The van der Waals surface area contributed by atoms with Gasteiger partial charge in [0.15, 0.2) is 0 Å². The number of nitrogens with one attached hydrogen (secondary N) is 2. The van der Waals surface area contributed by atoms with Crippen LogP contribution in [0, 0.1) is 10.1 Å². The van der Waals surface area contributed by atoms with Crippen LogP contribution >= 0.6 is 0 Å². The van der Waals surface area contributed by atoms with Crippen molar-refractivity contribution in [2.45, 2.75) is 38.5 Å². The number of nitrogens with zero attached hydrogens (tertiary/aromatic N) is 2. The molecule has 1 aromatic rings. The number of benzene rings is 1. The number of nitro groups is 1. The van der Waals surface area contributed by atoms with Gasteiger partial charge in [-0.15, -0.1) is 0 Å². The van der Waals surface area contributed by atoms with Crippen molar-refractivity contribution >= 4 is 28.9 Å². The van der Waals surface area contributed by atoms with Crippen LogP contribution in [0.15, 0.2) is 29.4 Å².